The highest BCUT2D eigenvalue weighted by Gasteiger charge is 2.13. The van der Waals surface area contributed by atoms with Crippen LogP contribution in [0.25, 0.3) is 0 Å². The van der Waals surface area contributed by atoms with Gasteiger partial charge in [0.1, 0.15) is 0 Å². The lowest BCUT2D eigenvalue weighted by Gasteiger charge is -2.13. The molecule has 0 saturated carbocycles. The van der Waals surface area contributed by atoms with E-state index in [0.29, 0.717) is 22.0 Å². The highest BCUT2D eigenvalue weighted by atomic mass is 35.5. The fraction of sp³-hybridized carbons (Fsp3) is 0.200. The second-order valence-corrected chi connectivity index (χ2v) is 4.97. The number of hydrogen-bond donors (Lipinski definition) is 1. The molecule has 2 aromatic rings. The smallest absolute Gasteiger partial charge is 0.0808 e. The maximum atomic E-state index is 10.1. The SMILES string of the molecule is OC(CCc1ccccc1)c1cccc(Cl)c1Cl. The Bertz CT molecular complexity index is 511. The highest BCUT2D eigenvalue weighted by molar-refractivity contribution is 6.42. The summed E-state index contributed by atoms with van der Waals surface area (Å²) >= 11 is 12.0. The summed E-state index contributed by atoms with van der Waals surface area (Å²) in [5, 5.41) is 11.1. The van der Waals surface area contributed by atoms with Crippen LogP contribution in [-0.4, -0.2) is 5.11 Å². The van der Waals surface area contributed by atoms with Gasteiger partial charge in [0.05, 0.1) is 16.1 Å². The van der Waals surface area contributed by atoms with E-state index < -0.39 is 6.10 Å². The second kappa shape index (κ2) is 6.24. The van der Waals surface area contributed by atoms with Gasteiger partial charge in [0.2, 0.25) is 0 Å². The van der Waals surface area contributed by atoms with Crippen LogP contribution in [0.2, 0.25) is 10.0 Å². The van der Waals surface area contributed by atoms with Crippen molar-refractivity contribution in [3.05, 3.63) is 69.7 Å². The molecule has 0 amide bonds. The maximum absolute atomic E-state index is 10.1. The second-order valence-electron chi connectivity index (χ2n) is 4.18. The third kappa shape index (κ3) is 3.26. The number of rotatable bonds is 4. The molecule has 18 heavy (non-hydrogen) atoms. The van der Waals surface area contributed by atoms with E-state index >= 15 is 0 Å². The Balaban J connectivity index is 2.04. The van der Waals surface area contributed by atoms with Crippen molar-refractivity contribution in [1.29, 1.82) is 0 Å². The van der Waals surface area contributed by atoms with E-state index in [2.05, 4.69) is 0 Å². The van der Waals surface area contributed by atoms with E-state index in [4.69, 9.17) is 23.2 Å². The minimum atomic E-state index is -0.587. The summed E-state index contributed by atoms with van der Waals surface area (Å²) in [4.78, 5) is 0. The number of aliphatic hydroxyl groups is 1. The Labute approximate surface area is 117 Å². The van der Waals surface area contributed by atoms with Crippen LogP contribution in [-0.2, 0) is 6.42 Å². The molecule has 3 heteroatoms. The molecule has 0 saturated heterocycles. The van der Waals surface area contributed by atoms with Crippen LogP contribution in [0.1, 0.15) is 23.7 Å². The molecule has 0 bridgehead atoms. The Kier molecular flexibility index (Phi) is 4.65. The van der Waals surface area contributed by atoms with Crippen molar-refractivity contribution in [2.24, 2.45) is 0 Å². The van der Waals surface area contributed by atoms with Crippen molar-refractivity contribution in [2.45, 2.75) is 18.9 Å². The number of aliphatic hydroxyl groups excluding tert-OH is 1. The molecule has 2 rings (SSSR count). The molecule has 1 nitrogen and oxygen atoms in total. The van der Waals surface area contributed by atoms with Gasteiger partial charge in [0, 0.05) is 5.56 Å². The zero-order chi connectivity index (χ0) is 13.0. The van der Waals surface area contributed by atoms with Gasteiger partial charge in [0.15, 0.2) is 0 Å². The van der Waals surface area contributed by atoms with Crippen molar-refractivity contribution < 1.29 is 5.11 Å². The zero-order valence-electron chi connectivity index (χ0n) is 9.81. The first-order chi connectivity index (χ1) is 8.68. The molecule has 0 aliphatic carbocycles. The molecule has 0 heterocycles. The topological polar surface area (TPSA) is 20.2 Å². The van der Waals surface area contributed by atoms with Gasteiger partial charge in [-0.1, -0.05) is 65.7 Å². The van der Waals surface area contributed by atoms with Crippen LogP contribution in [0.4, 0.5) is 0 Å². The molecular weight excluding hydrogens is 267 g/mol. The lowest BCUT2D eigenvalue weighted by molar-refractivity contribution is 0.168. The number of benzene rings is 2. The summed E-state index contributed by atoms with van der Waals surface area (Å²) < 4.78 is 0. The molecule has 2 aromatic carbocycles. The van der Waals surface area contributed by atoms with Crippen molar-refractivity contribution in [3.63, 3.8) is 0 Å². The summed E-state index contributed by atoms with van der Waals surface area (Å²) in [6.07, 6.45) is 0.853. The molecule has 0 aliphatic rings. The van der Waals surface area contributed by atoms with E-state index in [0.717, 1.165) is 6.42 Å². The van der Waals surface area contributed by atoms with Gasteiger partial charge < -0.3 is 5.11 Å². The van der Waals surface area contributed by atoms with Crippen molar-refractivity contribution in [3.8, 4) is 0 Å². The van der Waals surface area contributed by atoms with E-state index in [9.17, 15) is 5.11 Å². The largest absolute Gasteiger partial charge is 0.388 e. The Morgan fingerprint density at radius 3 is 2.39 bits per heavy atom. The van der Waals surface area contributed by atoms with Crippen LogP contribution in [0.15, 0.2) is 48.5 Å². The summed E-state index contributed by atoms with van der Waals surface area (Å²) in [5.41, 5.74) is 1.90. The predicted octanol–water partition coefficient (Wildman–Crippen LogP) is 4.66. The third-order valence-corrected chi connectivity index (χ3v) is 3.72. The van der Waals surface area contributed by atoms with Crippen molar-refractivity contribution in [1.82, 2.24) is 0 Å². The van der Waals surface area contributed by atoms with Crippen LogP contribution in [0.5, 0.6) is 0 Å². The standard InChI is InChI=1S/C15H14Cl2O/c16-13-8-4-7-12(15(13)17)14(18)10-9-11-5-2-1-3-6-11/h1-8,14,18H,9-10H2. The van der Waals surface area contributed by atoms with E-state index in [1.54, 1.807) is 12.1 Å². The van der Waals surface area contributed by atoms with Crippen molar-refractivity contribution in [2.75, 3.05) is 0 Å². The van der Waals surface area contributed by atoms with Crippen LogP contribution in [0, 0.1) is 0 Å². The summed E-state index contributed by atoms with van der Waals surface area (Å²) in [7, 11) is 0. The number of halogens is 2. The first kappa shape index (κ1) is 13.4. The van der Waals surface area contributed by atoms with Crippen molar-refractivity contribution >= 4 is 23.2 Å². The number of hydrogen-bond acceptors (Lipinski definition) is 1. The lowest BCUT2D eigenvalue weighted by atomic mass is 10.0. The predicted molar refractivity (Wildman–Crippen MR) is 76.2 cm³/mol. The molecule has 0 spiro atoms. The third-order valence-electron chi connectivity index (χ3n) is 2.89. The molecule has 0 radical (unpaired) electrons. The fourth-order valence-corrected chi connectivity index (χ4v) is 2.32. The van der Waals surface area contributed by atoms with Gasteiger partial charge in [-0.25, -0.2) is 0 Å². The van der Waals surface area contributed by atoms with Gasteiger partial charge in [-0.05, 0) is 24.5 Å². The summed E-state index contributed by atoms with van der Waals surface area (Å²) in [6, 6.07) is 15.4. The highest BCUT2D eigenvalue weighted by Crippen LogP contribution is 2.31. The van der Waals surface area contributed by atoms with E-state index in [1.807, 2.05) is 36.4 Å². The normalized spacial score (nSPS) is 12.4. The summed E-state index contributed by atoms with van der Waals surface area (Å²) in [6.45, 7) is 0. The Morgan fingerprint density at radius 2 is 1.67 bits per heavy atom. The number of aryl methyl sites for hydroxylation is 1. The average molecular weight is 281 g/mol. The quantitative estimate of drug-likeness (QED) is 0.864. The first-order valence-electron chi connectivity index (χ1n) is 5.84. The van der Waals surface area contributed by atoms with Gasteiger partial charge in [-0.2, -0.15) is 0 Å². The molecule has 94 valence electrons. The summed E-state index contributed by atoms with van der Waals surface area (Å²) in [5.74, 6) is 0. The van der Waals surface area contributed by atoms with E-state index in [-0.39, 0.29) is 0 Å². The van der Waals surface area contributed by atoms with Crippen LogP contribution in [0.3, 0.4) is 0 Å². The average Bonchev–Trinajstić information content (AvgIpc) is 2.40. The molecule has 1 N–H and O–H groups in total. The van der Waals surface area contributed by atoms with Gasteiger partial charge >= 0.3 is 0 Å². The molecule has 1 atom stereocenters. The minimum absolute atomic E-state index is 0.444. The Hall–Kier alpha value is -1.02. The Morgan fingerprint density at radius 1 is 0.944 bits per heavy atom. The van der Waals surface area contributed by atoms with Gasteiger partial charge in [-0.15, -0.1) is 0 Å². The fourth-order valence-electron chi connectivity index (χ4n) is 1.88. The molecule has 0 aromatic heterocycles. The van der Waals surface area contributed by atoms with Crippen LogP contribution >= 0.6 is 23.2 Å². The van der Waals surface area contributed by atoms with Gasteiger partial charge in [-0.3, -0.25) is 0 Å². The lowest BCUT2D eigenvalue weighted by Crippen LogP contribution is -2.00. The molecule has 0 fully saturated rings. The minimum Gasteiger partial charge on any atom is -0.388 e. The van der Waals surface area contributed by atoms with E-state index in [1.165, 1.54) is 5.56 Å². The molecule has 0 aliphatic heterocycles. The monoisotopic (exact) mass is 280 g/mol. The maximum Gasteiger partial charge on any atom is 0.0808 e. The van der Waals surface area contributed by atoms with Gasteiger partial charge in [0.25, 0.3) is 0 Å². The first-order valence-corrected chi connectivity index (χ1v) is 6.60. The zero-order valence-corrected chi connectivity index (χ0v) is 11.3. The molecular formula is C15H14Cl2O. The molecule has 1 unspecified atom stereocenters. The van der Waals surface area contributed by atoms with Crippen LogP contribution < -0.4 is 0 Å².